The highest BCUT2D eigenvalue weighted by molar-refractivity contribution is 5.44. The van der Waals surface area contributed by atoms with Gasteiger partial charge in [-0.15, -0.1) is 0 Å². The molecule has 1 aliphatic rings. The molecular formula is C14H21NO2. The van der Waals surface area contributed by atoms with Crippen LogP contribution in [0.1, 0.15) is 32.3 Å². The Bertz CT molecular complexity index is 363. The lowest BCUT2D eigenvalue weighted by Gasteiger charge is -2.07. The lowest BCUT2D eigenvalue weighted by atomic mass is 10.1. The van der Waals surface area contributed by atoms with E-state index in [1.807, 2.05) is 6.07 Å². The zero-order valence-corrected chi connectivity index (χ0v) is 10.7. The summed E-state index contributed by atoms with van der Waals surface area (Å²) in [5.74, 6) is 1.76. The average Bonchev–Trinajstić information content (AvgIpc) is 2.75. The van der Waals surface area contributed by atoms with Crippen LogP contribution in [0.25, 0.3) is 0 Å². The van der Waals surface area contributed by atoms with E-state index in [-0.39, 0.29) is 0 Å². The normalized spacial score (nSPS) is 13.4. The molecule has 0 unspecified atom stereocenters. The Kier molecular flexibility index (Phi) is 4.26. The first kappa shape index (κ1) is 12.2. The van der Waals surface area contributed by atoms with Gasteiger partial charge in [-0.3, -0.25) is 0 Å². The summed E-state index contributed by atoms with van der Waals surface area (Å²) in [5, 5.41) is 3.43. The van der Waals surface area contributed by atoms with Gasteiger partial charge < -0.3 is 14.8 Å². The van der Waals surface area contributed by atoms with Crippen LogP contribution < -0.4 is 14.8 Å². The predicted octanol–water partition coefficient (Wildman–Crippen LogP) is 2.74. The molecule has 2 rings (SSSR count). The van der Waals surface area contributed by atoms with Crippen LogP contribution in [-0.2, 0) is 6.42 Å². The molecule has 1 heterocycles. The molecule has 3 heteroatoms. The van der Waals surface area contributed by atoms with Crippen molar-refractivity contribution in [1.29, 1.82) is 0 Å². The number of fused-ring (bicyclic) bond motifs is 1. The summed E-state index contributed by atoms with van der Waals surface area (Å²) in [6, 6.07) is 6.81. The summed E-state index contributed by atoms with van der Waals surface area (Å²) in [5.41, 5.74) is 1.33. The maximum Gasteiger partial charge on any atom is 0.231 e. The van der Waals surface area contributed by atoms with Crippen molar-refractivity contribution in [3.63, 3.8) is 0 Å². The van der Waals surface area contributed by atoms with Crippen LogP contribution in [0.3, 0.4) is 0 Å². The zero-order chi connectivity index (χ0) is 12.1. The van der Waals surface area contributed by atoms with Crippen molar-refractivity contribution in [1.82, 2.24) is 5.32 Å². The van der Waals surface area contributed by atoms with E-state index in [1.54, 1.807) is 0 Å². The zero-order valence-electron chi connectivity index (χ0n) is 10.7. The largest absolute Gasteiger partial charge is 0.454 e. The first-order valence-corrected chi connectivity index (χ1v) is 6.37. The van der Waals surface area contributed by atoms with Crippen LogP contribution in [-0.4, -0.2) is 19.4 Å². The molecular weight excluding hydrogens is 214 g/mol. The van der Waals surface area contributed by atoms with Crippen LogP contribution in [0.5, 0.6) is 11.5 Å². The number of aryl methyl sites for hydroxylation is 1. The summed E-state index contributed by atoms with van der Waals surface area (Å²) >= 11 is 0. The maximum atomic E-state index is 5.36. The number of hydrogen-bond donors (Lipinski definition) is 1. The topological polar surface area (TPSA) is 30.5 Å². The lowest BCUT2D eigenvalue weighted by Crippen LogP contribution is -2.23. The molecule has 1 aromatic rings. The van der Waals surface area contributed by atoms with Gasteiger partial charge in [0, 0.05) is 6.04 Å². The Morgan fingerprint density at radius 2 is 2.00 bits per heavy atom. The summed E-state index contributed by atoms with van der Waals surface area (Å²) in [6.07, 6.45) is 3.53. The van der Waals surface area contributed by atoms with E-state index in [1.165, 1.54) is 18.4 Å². The van der Waals surface area contributed by atoms with Crippen molar-refractivity contribution in [2.24, 2.45) is 0 Å². The van der Waals surface area contributed by atoms with Gasteiger partial charge >= 0.3 is 0 Å². The van der Waals surface area contributed by atoms with E-state index in [0.29, 0.717) is 12.8 Å². The SMILES string of the molecule is CC(C)NCCCCc1ccc2c(c1)OCO2. The molecule has 0 aliphatic carbocycles. The number of rotatable bonds is 6. The molecule has 1 aromatic carbocycles. The Balaban J connectivity index is 1.72. The van der Waals surface area contributed by atoms with Crippen molar-refractivity contribution < 1.29 is 9.47 Å². The fourth-order valence-electron chi connectivity index (χ4n) is 1.94. The van der Waals surface area contributed by atoms with Gasteiger partial charge in [-0.25, -0.2) is 0 Å². The minimum absolute atomic E-state index is 0.358. The number of hydrogen-bond acceptors (Lipinski definition) is 3. The molecule has 94 valence electrons. The highest BCUT2D eigenvalue weighted by Crippen LogP contribution is 2.32. The molecule has 0 saturated heterocycles. The maximum absolute atomic E-state index is 5.36. The molecule has 0 radical (unpaired) electrons. The molecule has 17 heavy (non-hydrogen) atoms. The van der Waals surface area contributed by atoms with Crippen molar-refractivity contribution in [3.05, 3.63) is 23.8 Å². The molecule has 0 bridgehead atoms. The van der Waals surface area contributed by atoms with Gasteiger partial charge in [-0.2, -0.15) is 0 Å². The fourth-order valence-corrected chi connectivity index (χ4v) is 1.94. The summed E-state index contributed by atoms with van der Waals surface area (Å²) in [4.78, 5) is 0. The Morgan fingerprint density at radius 3 is 2.82 bits per heavy atom. The second-order valence-electron chi connectivity index (χ2n) is 4.75. The van der Waals surface area contributed by atoms with E-state index in [0.717, 1.165) is 24.5 Å². The van der Waals surface area contributed by atoms with Gasteiger partial charge in [0.1, 0.15) is 0 Å². The third kappa shape index (κ3) is 3.63. The van der Waals surface area contributed by atoms with Gasteiger partial charge in [0.25, 0.3) is 0 Å². The van der Waals surface area contributed by atoms with E-state index in [2.05, 4.69) is 31.3 Å². The average molecular weight is 235 g/mol. The standard InChI is InChI=1S/C14H21NO2/c1-11(2)15-8-4-3-5-12-6-7-13-14(9-12)17-10-16-13/h6-7,9,11,15H,3-5,8,10H2,1-2H3. The summed E-state index contributed by atoms with van der Waals surface area (Å²) in [6.45, 7) is 5.81. The van der Waals surface area contributed by atoms with E-state index in [9.17, 15) is 0 Å². The van der Waals surface area contributed by atoms with Crippen LogP contribution in [0.2, 0.25) is 0 Å². The monoisotopic (exact) mass is 235 g/mol. The minimum Gasteiger partial charge on any atom is -0.454 e. The summed E-state index contributed by atoms with van der Waals surface area (Å²) < 4.78 is 10.7. The lowest BCUT2D eigenvalue weighted by molar-refractivity contribution is 0.174. The Labute approximate surface area is 103 Å². The predicted molar refractivity (Wildman–Crippen MR) is 68.6 cm³/mol. The van der Waals surface area contributed by atoms with Crippen LogP contribution in [0.15, 0.2) is 18.2 Å². The first-order chi connectivity index (χ1) is 8.25. The van der Waals surface area contributed by atoms with Crippen molar-refractivity contribution in [3.8, 4) is 11.5 Å². The number of ether oxygens (including phenoxy) is 2. The van der Waals surface area contributed by atoms with E-state index in [4.69, 9.17) is 9.47 Å². The van der Waals surface area contributed by atoms with Crippen LogP contribution >= 0.6 is 0 Å². The Hall–Kier alpha value is -1.22. The quantitative estimate of drug-likeness (QED) is 0.769. The minimum atomic E-state index is 0.358. The van der Waals surface area contributed by atoms with Gasteiger partial charge in [-0.05, 0) is 43.5 Å². The molecule has 0 amide bonds. The third-order valence-electron chi connectivity index (χ3n) is 2.88. The summed E-state index contributed by atoms with van der Waals surface area (Å²) in [7, 11) is 0. The molecule has 3 nitrogen and oxygen atoms in total. The highest BCUT2D eigenvalue weighted by atomic mass is 16.7. The van der Waals surface area contributed by atoms with Gasteiger partial charge in [-0.1, -0.05) is 19.9 Å². The van der Waals surface area contributed by atoms with Crippen molar-refractivity contribution in [2.45, 2.75) is 39.2 Å². The van der Waals surface area contributed by atoms with E-state index < -0.39 is 0 Å². The molecule has 0 atom stereocenters. The van der Waals surface area contributed by atoms with Gasteiger partial charge in [0.15, 0.2) is 11.5 Å². The highest BCUT2D eigenvalue weighted by Gasteiger charge is 2.12. The van der Waals surface area contributed by atoms with Crippen LogP contribution in [0.4, 0.5) is 0 Å². The Morgan fingerprint density at radius 1 is 1.18 bits per heavy atom. The molecule has 0 spiro atoms. The molecule has 0 fully saturated rings. The second-order valence-corrected chi connectivity index (χ2v) is 4.75. The number of unbranched alkanes of at least 4 members (excludes halogenated alkanes) is 1. The molecule has 0 saturated carbocycles. The van der Waals surface area contributed by atoms with Gasteiger partial charge in [0.2, 0.25) is 6.79 Å². The number of benzene rings is 1. The first-order valence-electron chi connectivity index (χ1n) is 6.37. The third-order valence-corrected chi connectivity index (χ3v) is 2.88. The van der Waals surface area contributed by atoms with Crippen LogP contribution in [0, 0.1) is 0 Å². The fraction of sp³-hybridized carbons (Fsp3) is 0.571. The molecule has 0 aromatic heterocycles. The number of nitrogens with one attached hydrogen (secondary N) is 1. The van der Waals surface area contributed by atoms with E-state index >= 15 is 0 Å². The van der Waals surface area contributed by atoms with Crippen molar-refractivity contribution in [2.75, 3.05) is 13.3 Å². The molecule has 1 aliphatic heterocycles. The second kappa shape index (κ2) is 5.92. The smallest absolute Gasteiger partial charge is 0.231 e. The molecule has 1 N–H and O–H groups in total. The van der Waals surface area contributed by atoms with Gasteiger partial charge in [0.05, 0.1) is 0 Å². The van der Waals surface area contributed by atoms with Crippen molar-refractivity contribution >= 4 is 0 Å².